The maximum absolute atomic E-state index is 11.8. The molecule has 1 aliphatic heterocycles. The number of aliphatic hydroxyl groups is 2. The lowest BCUT2D eigenvalue weighted by molar-refractivity contribution is -0.151. The number of hydrogen-bond acceptors (Lipinski definition) is 4. The molecular formula is C17H28O4. The van der Waals surface area contributed by atoms with Gasteiger partial charge in [0.25, 0.3) is 0 Å². The third kappa shape index (κ3) is 6.44. The van der Waals surface area contributed by atoms with Crippen molar-refractivity contribution in [2.24, 2.45) is 5.92 Å². The number of rotatable bonds is 0. The van der Waals surface area contributed by atoms with Gasteiger partial charge in [-0.25, -0.2) is 0 Å². The van der Waals surface area contributed by atoms with Crippen molar-refractivity contribution in [3.8, 4) is 0 Å². The molecule has 21 heavy (non-hydrogen) atoms. The number of carbonyl (C=O) groups is 1. The van der Waals surface area contributed by atoms with E-state index in [1.165, 1.54) is 0 Å². The smallest absolute Gasteiger partial charge is 0.306 e. The summed E-state index contributed by atoms with van der Waals surface area (Å²) in [6.45, 7) is 7.46. The van der Waals surface area contributed by atoms with Gasteiger partial charge in [-0.1, -0.05) is 25.2 Å². The highest BCUT2D eigenvalue weighted by Crippen LogP contribution is 2.20. The third-order valence-corrected chi connectivity index (χ3v) is 4.15. The predicted molar refractivity (Wildman–Crippen MR) is 82.7 cm³/mol. The zero-order valence-electron chi connectivity index (χ0n) is 13.5. The van der Waals surface area contributed by atoms with Crippen LogP contribution in [0.5, 0.6) is 0 Å². The Kier molecular flexibility index (Phi) is 6.62. The van der Waals surface area contributed by atoms with Crippen LogP contribution >= 0.6 is 0 Å². The molecule has 0 amide bonds. The SMILES string of the molecule is C/C1=C\CC[C@H](C)[C@@H](C)OC(=O)CC[C@](C)(O)C=C[C@@H]1O. The monoisotopic (exact) mass is 296 g/mol. The van der Waals surface area contributed by atoms with Gasteiger partial charge in [-0.15, -0.1) is 0 Å². The molecule has 2 N–H and O–H groups in total. The van der Waals surface area contributed by atoms with Gasteiger partial charge in [-0.2, -0.15) is 0 Å². The summed E-state index contributed by atoms with van der Waals surface area (Å²) in [6, 6.07) is 0. The normalized spacial score (nSPS) is 39.0. The summed E-state index contributed by atoms with van der Waals surface area (Å²) in [5, 5.41) is 20.2. The van der Waals surface area contributed by atoms with Crippen LogP contribution < -0.4 is 0 Å². The van der Waals surface area contributed by atoms with Crippen LogP contribution in [0.2, 0.25) is 0 Å². The summed E-state index contributed by atoms with van der Waals surface area (Å²) in [6.07, 6.45) is 6.47. The first-order valence-corrected chi connectivity index (χ1v) is 7.67. The molecule has 0 radical (unpaired) electrons. The minimum absolute atomic E-state index is 0.139. The summed E-state index contributed by atoms with van der Waals surface area (Å²) in [5.74, 6) is -0.0264. The number of esters is 1. The Morgan fingerprint density at radius 3 is 2.71 bits per heavy atom. The highest BCUT2D eigenvalue weighted by molar-refractivity contribution is 5.69. The van der Waals surface area contributed by atoms with Crippen LogP contribution in [0.3, 0.4) is 0 Å². The quantitative estimate of drug-likeness (QED) is 0.533. The van der Waals surface area contributed by atoms with Crippen molar-refractivity contribution < 1.29 is 19.7 Å². The Bertz CT molecular complexity index is 409. The van der Waals surface area contributed by atoms with Gasteiger partial charge in [0.2, 0.25) is 0 Å². The summed E-state index contributed by atoms with van der Waals surface area (Å²) in [7, 11) is 0. The zero-order chi connectivity index (χ0) is 16.0. The molecule has 0 aliphatic carbocycles. The fourth-order valence-corrected chi connectivity index (χ4v) is 2.20. The van der Waals surface area contributed by atoms with Crippen molar-refractivity contribution in [3.63, 3.8) is 0 Å². The van der Waals surface area contributed by atoms with E-state index in [0.29, 0.717) is 0 Å². The third-order valence-electron chi connectivity index (χ3n) is 4.15. The molecule has 1 rings (SSSR count). The number of ether oxygens (including phenoxy) is 1. The van der Waals surface area contributed by atoms with Crippen LogP contribution in [0.4, 0.5) is 0 Å². The van der Waals surface area contributed by atoms with E-state index in [1.54, 1.807) is 19.1 Å². The van der Waals surface area contributed by atoms with E-state index in [-0.39, 0.29) is 30.8 Å². The van der Waals surface area contributed by atoms with Crippen LogP contribution in [-0.4, -0.2) is 34.0 Å². The average molecular weight is 296 g/mol. The van der Waals surface area contributed by atoms with Gasteiger partial charge in [0, 0.05) is 6.42 Å². The predicted octanol–water partition coefficient (Wildman–Crippen LogP) is 2.74. The van der Waals surface area contributed by atoms with Gasteiger partial charge in [0.15, 0.2) is 0 Å². The average Bonchev–Trinajstić information content (AvgIpc) is 2.41. The highest BCUT2D eigenvalue weighted by Gasteiger charge is 2.22. The van der Waals surface area contributed by atoms with Crippen molar-refractivity contribution in [2.75, 3.05) is 0 Å². The second-order valence-corrected chi connectivity index (χ2v) is 6.36. The zero-order valence-corrected chi connectivity index (χ0v) is 13.5. The molecule has 0 saturated carbocycles. The molecule has 0 spiro atoms. The van der Waals surface area contributed by atoms with Crippen LogP contribution in [0.1, 0.15) is 53.4 Å². The molecule has 0 bridgehead atoms. The van der Waals surface area contributed by atoms with Crippen LogP contribution in [0.15, 0.2) is 23.8 Å². The van der Waals surface area contributed by atoms with Crippen molar-refractivity contribution in [2.45, 2.75) is 71.2 Å². The molecular weight excluding hydrogens is 268 g/mol. The van der Waals surface area contributed by atoms with Crippen molar-refractivity contribution in [1.29, 1.82) is 0 Å². The molecule has 0 fully saturated rings. The van der Waals surface area contributed by atoms with E-state index in [1.807, 2.05) is 19.9 Å². The first kappa shape index (κ1) is 17.9. The molecule has 4 heteroatoms. The second kappa shape index (κ2) is 7.76. The Balaban J connectivity index is 2.87. The van der Waals surface area contributed by atoms with Gasteiger partial charge in [0.05, 0.1) is 11.7 Å². The summed E-state index contributed by atoms with van der Waals surface area (Å²) in [4.78, 5) is 11.8. The first-order valence-electron chi connectivity index (χ1n) is 7.67. The lowest BCUT2D eigenvalue weighted by atomic mass is 9.96. The molecule has 1 aliphatic rings. The van der Waals surface area contributed by atoms with Gasteiger partial charge in [-0.3, -0.25) is 4.79 Å². The summed E-state index contributed by atoms with van der Waals surface area (Å²) >= 11 is 0. The second-order valence-electron chi connectivity index (χ2n) is 6.36. The Hall–Kier alpha value is -1.13. The molecule has 0 aromatic rings. The molecule has 0 saturated heterocycles. The lowest BCUT2D eigenvalue weighted by Gasteiger charge is -2.23. The number of aliphatic hydroxyl groups excluding tert-OH is 1. The van der Waals surface area contributed by atoms with E-state index in [2.05, 4.69) is 6.92 Å². The molecule has 0 unspecified atom stereocenters. The van der Waals surface area contributed by atoms with E-state index in [4.69, 9.17) is 4.74 Å². The van der Waals surface area contributed by atoms with Gasteiger partial charge in [0.1, 0.15) is 6.10 Å². The Morgan fingerprint density at radius 2 is 2.05 bits per heavy atom. The fourth-order valence-electron chi connectivity index (χ4n) is 2.20. The lowest BCUT2D eigenvalue weighted by Crippen LogP contribution is -2.26. The summed E-state index contributed by atoms with van der Waals surface area (Å²) < 4.78 is 5.40. The minimum Gasteiger partial charge on any atom is -0.462 e. The molecule has 4 nitrogen and oxygen atoms in total. The minimum atomic E-state index is -1.13. The van der Waals surface area contributed by atoms with Gasteiger partial charge >= 0.3 is 5.97 Å². The van der Waals surface area contributed by atoms with E-state index in [0.717, 1.165) is 18.4 Å². The first-order chi connectivity index (χ1) is 9.71. The van der Waals surface area contributed by atoms with E-state index in [9.17, 15) is 15.0 Å². The number of allylic oxidation sites excluding steroid dienone is 1. The standard InChI is InChI=1S/C17H28O4/c1-12-6-5-7-13(2)15(18)8-10-17(4,20)11-9-16(19)21-14(12)3/h7-8,10,12,14-15,18,20H,5-6,9,11H2,1-4H3/b10-8?,13-7+/t12-,14+,15-,17+/m0/s1. The fraction of sp³-hybridized carbons (Fsp3) is 0.706. The van der Waals surface area contributed by atoms with Crippen molar-refractivity contribution in [3.05, 3.63) is 23.8 Å². The number of cyclic esters (lactones) is 1. The van der Waals surface area contributed by atoms with E-state index >= 15 is 0 Å². The van der Waals surface area contributed by atoms with Crippen molar-refractivity contribution >= 4 is 5.97 Å². The molecule has 0 aromatic carbocycles. The topological polar surface area (TPSA) is 66.8 Å². The maximum atomic E-state index is 11.8. The summed E-state index contributed by atoms with van der Waals surface area (Å²) in [5.41, 5.74) is -0.254. The molecule has 120 valence electrons. The van der Waals surface area contributed by atoms with E-state index < -0.39 is 11.7 Å². The van der Waals surface area contributed by atoms with Crippen LogP contribution in [0.25, 0.3) is 0 Å². The van der Waals surface area contributed by atoms with Crippen molar-refractivity contribution in [1.82, 2.24) is 0 Å². The molecule has 1 heterocycles. The number of carbonyl (C=O) groups excluding carboxylic acids is 1. The number of hydrogen-bond donors (Lipinski definition) is 2. The molecule has 4 atom stereocenters. The maximum Gasteiger partial charge on any atom is 0.306 e. The highest BCUT2D eigenvalue weighted by atomic mass is 16.5. The largest absolute Gasteiger partial charge is 0.462 e. The molecule has 0 aromatic heterocycles. The van der Waals surface area contributed by atoms with Gasteiger partial charge in [-0.05, 0) is 51.5 Å². The Labute approximate surface area is 127 Å². The Morgan fingerprint density at radius 1 is 1.38 bits per heavy atom. The van der Waals surface area contributed by atoms with Crippen LogP contribution in [-0.2, 0) is 9.53 Å². The van der Waals surface area contributed by atoms with Crippen LogP contribution in [0, 0.1) is 5.92 Å². The van der Waals surface area contributed by atoms with Gasteiger partial charge < -0.3 is 14.9 Å².